The van der Waals surface area contributed by atoms with E-state index in [9.17, 15) is 32.7 Å². The van der Waals surface area contributed by atoms with Gasteiger partial charge < -0.3 is 20.8 Å². The zero-order chi connectivity index (χ0) is 31.1. The summed E-state index contributed by atoms with van der Waals surface area (Å²) in [5.41, 5.74) is 2.63. The van der Waals surface area contributed by atoms with Crippen molar-refractivity contribution >= 4 is 50.8 Å². The molecule has 0 aromatic heterocycles. The van der Waals surface area contributed by atoms with Gasteiger partial charge >= 0.3 is 18.2 Å². The number of nitrogens with zero attached hydrogens (tertiary/aromatic N) is 1. The Morgan fingerprint density at radius 3 is 2.28 bits per heavy atom. The fraction of sp³-hybridized carbons (Fsp3) is 0.258. The standard InChI is InChI=1S/C31H29BrF3N3O5/c32-24-14-23(31(33,34)35)15-25(16-24)37-30(43)38(26-12-10-21(11-13-26)20-4-2-1-3-5-20)18-19-6-8-22(9-7-19)28(40)36-17-27(39)29(41)42/h4,6-16,27,39H,1-3,5,17-18H2,(H,36,40)(H,37,43)(H,41,42). The zero-order valence-corrected chi connectivity index (χ0v) is 24.4. The SMILES string of the molecule is O=C(NCC(O)C(=O)O)c1ccc(CN(C(=O)Nc2cc(Br)cc(C(F)(F)F)c2)c2ccc(C3=CCCCC3)cc2)cc1. The van der Waals surface area contributed by atoms with Crippen molar-refractivity contribution in [3.63, 3.8) is 0 Å². The minimum absolute atomic E-state index is 0.0215. The Labute approximate surface area is 254 Å². The fourth-order valence-corrected chi connectivity index (χ4v) is 5.07. The first-order valence-electron chi connectivity index (χ1n) is 13.4. The van der Waals surface area contributed by atoms with E-state index in [-0.39, 0.29) is 22.3 Å². The molecular weight excluding hydrogens is 631 g/mol. The van der Waals surface area contributed by atoms with Gasteiger partial charge in [-0.05, 0) is 84.8 Å². The van der Waals surface area contributed by atoms with Crippen LogP contribution in [0.2, 0.25) is 0 Å². The molecule has 0 saturated heterocycles. The Morgan fingerprint density at radius 2 is 1.67 bits per heavy atom. The molecule has 12 heteroatoms. The van der Waals surface area contributed by atoms with Crippen LogP contribution in [0.3, 0.4) is 0 Å². The molecular formula is C31H29BrF3N3O5. The minimum Gasteiger partial charge on any atom is -0.479 e. The maximum absolute atomic E-state index is 13.5. The monoisotopic (exact) mass is 659 g/mol. The minimum atomic E-state index is -4.60. The van der Waals surface area contributed by atoms with Crippen molar-refractivity contribution in [1.29, 1.82) is 0 Å². The van der Waals surface area contributed by atoms with Gasteiger partial charge in [-0.3, -0.25) is 9.69 Å². The predicted molar refractivity (Wildman–Crippen MR) is 160 cm³/mol. The van der Waals surface area contributed by atoms with Crippen molar-refractivity contribution in [3.05, 3.63) is 99.5 Å². The van der Waals surface area contributed by atoms with Crippen molar-refractivity contribution in [1.82, 2.24) is 5.32 Å². The summed E-state index contributed by atoms with van der Waals surface area (Å²) in [6.45, 7) is -0.448. The van der Waals surface area contributed by atoms with Crippen molar-refractivity contribution in [2.24, 2.45) is 0 Å². The number of carbonyl (C=O) groups is 3. The molecule has 3 aromatic carbocycles. The summed E-state index contributed by atoms with van der Waals surface area (Å²) in [5.74, 6) is -2.06. The summed E-state index contributed by atoms with van der Waals surface area (Å²) in [6, 6.07) is 16.0. The number of anilines is 2. The number of alkyl halides is 3. The summed E-state index contributed by atoms with van der Waals surface area (Å²) in [6.07, 6.45) is 0.0685. The highest BCUT2D eigenvalue weighted by molar-refractivity contribution is 9.10. The molecule has 1 aliphatic rings. The van der Waals surface area contributed by atoms with Gasteiger partial charge in [0.2, 0.25) is 0 Å². The largest absolute Gasteiger partial charge is 0.479 e. The van der Waals surface area contributed by atoms with Gasteiger partial charge in [-0.2, -0.15) is 13.2 Å². The van der Waals surface area contributed by atoms with Gasteiger partial charge in [0.1, 0.15) is 0 Å². The summed E-state index contributed by atoms with van der Waals surface area (Å²) in [5, 5.41) is 23.0. The number of rotatable bonds is 9. The number of benzene rings is 3. The van der Waals surface area contributed by atoms with Gasteiger partial charge in [-0.1, -0.05) is 46.3 Å². The maximum Gasteiger partial charge on any atom is 0.416 e. The van der Waals surface area contributed by atoms with Crippen molar-refractivity contribution in [3.8, 4) is 0 Å². The molecule has 8 nitrogen and oxygen atoms in total. The number of nitrogens with one attached hydrogen (secondary N) is 2. The highest BCUT2D eigenvalue weighted by Gasteiger charge is 2.31. The number of hydrogen-bond donors (Lipinski definition) is 4. The molecule has 4 rings (SSSR count). The molecule has 0 fully saturated rings. The van der Waals surface area contributed by atoms with Gasteiger partial charge in [0, 0.05) is 21.4 Å². The molecule has 0 bridgehead atoms. The fourth-order valence-electron chi connectivity index (χ4n) is 4.58. The highest BCUT2D eigenvalue weighted by Crippen LogP contribution is 2.34. The lowest BCUT2D eigenvalue weighted by Crippen LogP contribution is -2.36. The molecule has 1 unspecified atom stereocenters. The van der Waals surface area contributed by atoms with Crippen molar-refractivity contribution < 1.29 is 37.8 Å². The van der Waals surface area contributed by atoms with Crippen LogP contribution in [0.4, 0.5) is 29.3 Å². The molecule has 0 spiro atoms. The Morgan fingerprint density at radius 1 is 0.977 bits per heavy atom. The number of urea groups is 1. The first kappa shape index (κ1) is 31.8. The van der Waals surface area contributed by atoms with E-state index in [1.807, 2.05) is 12.1 Å². The summed E-state index contributed by atoms with van der Waals surface area (Å²) in [4.78, 5) is 38.0. The van der Waals surface area contributed by atoms with Crippen LogP contribution in [-0.4, -0.2) is 40.8 Å². The van der Waals surface area contributed by atoms with Crippen molar-refractivity contribution in [2.75, 3.05) is 16.8 Å². The maximum atomic E-state index is 13.5. The third kappa shape index (κ3) is 8.68. The Bertz CT molecular complexity index is 1510. The van der Waals surface area contributed by atoms with Crippen LogP contribution in [0.15, 0.2) is 77.3 Å². The number of aliphatic carboxylic acids is 1. The number of carboxylic acids is 1. The Kier molecular flexibility index (Phi) is 10.3. The van der Waals surface area contributed by atoms with E-state index in [2.05, 4.69) is 32.6 Å². The number of aliphatic hydroxyl groups excluding tert-OH is 1. The lowest BCUT2D eigenvalue weighted by molar-refractivity contribution is -0.146. The molecule has 0 radical (unpaired) electrons. The second kappa shape index (κ2) is 13.9. The molecule has 3 aromatic rings. The van der Waals surface area contributed by atoms with E-state index in [1.165, 1.54) is 28.7 Å². The van der Waals surface area contributed by atoms with Gasteiger partial charge in [0.25, 0.3) is 5.91 Å². The number of amides is 3. The first-order chi connectivity index (χ1) is 20.4. The second-order valence-electron chi connectivity index (χ2n) is 10.0. The van der Waals surface area contributed by atoms with Crippen LogP contribution >= 0.6 is 15.9 Å². The van der Waals surface area contributed by atoms with Crippen LogP contribution in [-0.2, 0) is 17.5 Å². The lowest BCUT2D eigenvalue weighted by atomic mass is 9.93. The first-order valence-corrected chi connectivity index (χ1v) is 14.2. The van der Waals surface area contributed by atoms with Crippen LogP contribution in [0.1, 0.15) is 52.7 Å². The van der Waals surface area contributed by atoms with E-state index < -0.39 is 42.3 Å². The molecule has 3 amide bonds. The van der Waals surface area contributed by atoms with E-state index >= 15 is 0 Å². The van der Waals surface area contributed by atoms with E-state index in [4.69, 9.17) is 5.11 Å². The van der Waals surface area contributed by atoms with E-state index in [1.54, 1.807) is 24.3 Å². The second-order valence-corrected chi connectivity index (χ2v) is 10.9. The van der Waals surface area contributed by atoms with Crippen LogP contribution in [0.25, 0.3) is 5.57 Å². The smallest absolute Gasteiger partial charge is 0.416 e. The van der Waals surface area contributed by atoms with Gasteiger partial charge in [0.15, 0.2) is 6.10 Å². The quantitative estimate of drug-likeness (QED) is 0.201. The normalized spacial score (nSPS) is 13.9. The average molecular weight is 660 g/mol. The predicted octanol–water partition coefficient (Wildman–Crippen LogP) is 6.84. The van der Waals surface area contributed by atoms with Gasteiger partial charge in [-0.25, -0.2) is 9.59 Å². The van der Waals surface area contributed by atoms with E-state index in [0.717, 1.165) is 43.4 Å². The van der Waals surface area contributed by atoms with Crippen LogP contribution in [0.5, 0.6) is 0 Å². The third-order valence-electron chi connectivity index (χ3n) is 6.86. The zero-order valence-electron chi connectivity index (χ0n) is 22.8. The summed E-state index contributed by atoms with van der Waals surface area (Å²) >= 11 is 3.08. The average Bonchev–Trinajstić information content (AvgIpc) is 2.98. The molecule has 1 atom stereocenters. The topological polar surface area (TPSA) is 119 Å². The van der Waals surface area contributed by atoms with Crippen molar-refractivity contribution in [2.45, 2.75) is 44.5 Å². The number of aliphatic hydroxyl groups is 1. The summed E-state index contributed by atoms with van der Waals surface area (Å²) < 4.78 is 40.3. The molecule has 0 aliphatic heterocycles. The highest BCUT2D eigenvalue weighted by atomic mass is 79.9. The third-order valence-corrected chi connectivity index (χ3v) is 7.32. The molecule has 226 valence electrons. The number of allylic oxidation sites excluding steroid dienone is 2. The number of halogens is 4. The Hall–Kier alpha value is -4.16. The number of hydrogen-bond acceptors (Lipinski definition) is 4. The van der Waals surface area contributed by atoms with Gasteiger partial charge in [-0.15, -0.1) is 0 Å². The molecule has 4 N–H and O–H groups in total. The van der Waals surface area contributed by atoms with Gasteiger partial charge in [0.05, 0.1) is 18.7 Å². The van der Waals surface area contributed by atoms with Crippen LogP contribution in [0, 0.1) is 0 Å². The molecule has 0 saturated carbocycles. The lowest BCUT2D eigenvalue weighted by Gasteiger charge is -2.24. The van der Waals surface area contributed by atoms with Crippen LogP contribution < -0.4 is 15.5 Å². The molecule has 1 aliphatic carbocycles. The summed E-state index contributed by atoms with van der Waals surface area (Å²) in [7, 11) is 0. The molecule has 43 heavy (non-hydrogen) atoms. The number of carboxylic acid groups (broad SMARTS) is 1. The molecule has 0 heterocycles. The van der Waals surface area contributed by atoms with E-state index in [0.29, 0.717) is 11.3 Å². The number of carbonyl (C=O) groups excluding carboxylic acids is 2. The Balaban J connectivity index is 1.57.